The first kappa shape index (κ1) is 10.9. The second-order valence-electron chi connectivity index (χ2n) is 2.20. The maximum absolute atomic E-state index is 5.24. The lowest BCUT2D eigenvalue weighted by molar-refractivity contribution is 1.20. The summed E-state index contributed by atoms with van der Waals surface area (Å²) in [7, 11) is 1.84. The molecule has 0 amide bonds. The maximum atomic E-state index is 5.24. The van der Waals surface area contributed by atoms with Crippen molar-refractivity contribution in [3.63, 3.8) is 0 Å². The molecule has 0 spiro atoms. The Balaban J connectivity index is 3.56. The van der Waals surface area contributed by atoms with Gasteiger partial charge in [0.2, 0.25) is 0 Å². The van der Waals surface area contributed by atoms with E-state index in [1.165, 1.54) is 0 Å². The third-order valence-electron chi connectivity index (χ3n) is 0.785. The Bertz CT molecular complexity index is 162. The fourth-order valence-corrected chi connectivity index (χ4v) is 3.09. The molecule has 0 heterocycles. The fourth-order valence-electron chi connectivity index (χ4n) is 0.286. The molecule has 0 unspecified atom stereocenters. The van der Waals surface area contributed by atoms with Gasteiger partial charge in [0.25, 0.3) is 0 Å². The van der Waals surface area contributed by atoms with Gasteiger partial charge in [-0.25, -0.2) is 0 Å². The van der Waals surface area contributed by atoms with Crippen LogP contribution in [0.15, 0.2) is 0 Å². The standard InChI is InChI=1S/C5H12NPS3/c1-6-5(8)4-10-7(2,3)9/h4H2,1-3H3,(H,6,8). The van der Waals surface area contributed by atoms with Crippen molar-refractivity contribution in [2.24, 2.45) is 0 Å². The molecule has 0 radical (unpaired) electrons. The van der Waals surface area contributed by atoms with Crippen molar-refractivity contribution in [2.45, 2.75) is 0 Å². The van der Waals surface area contributed by atoms with Crippen LogP contribution in [-0.4, -0.2) is 31.1 Å². The van der Waals surface area contributed by atoms with Gasteiger partial charge in [-0.3, -0.25) is 0 Å². The summed E-state index contributed by atoms with van der Waals surface area (Å²) >= 11 is 12.0. The molecule has 60 valence electrons. The van der Waals surface area contributed by atoms with Crippen molar-refractivity contribution in [3.05, 3.63) is 0 Å². The smallest absolute Gasteiger partial charge is 0.0855 e. The summed E-state index contributed by atoms with van der Waals surface area (Å²) < 4.78 is 0. The van der Waals surface area contributed by atoms with Gasteiger partial charge < -0.3 is 5.32 Å². The Hall–Kier alpha value is 0.890. The molecule has 0 aromatic carbocycles. The number of thiocarbonyl (C=S) groups is 1. The van der Waals surface area contributed by atoms with Crippen molar-refractivity contribution >= 4 is 45.6 Å². The highest BCUT2D eigenvalue weighted by atomic mass is 32.9. The van der Waals surface area contributed by atoms with E-state index in [9.17, 15) is 0 Å². The molecule has 10 heavy (non-hydrogen) atoms. The lowest BCUT2D eigenvalue weighted by Gasteiger charge is -2.08. The Labute approximate surface area is 77.1 Å². The van der Waals surface area contributed by atoms with Crippen molar-refractivity contribution in [2.75, 3.05) is 26.1 Å². The molecule has 0 aromatic heterocycles. The van der Waals surface area contributed by atoms with Gasteiger partial charge in [-0.2, -0.15) is 0 Å². The molecule has 0 aromatic rings. The first-order chi connectivity index (χ1) is 4.45. The van der Waals surface area contributed by atoms with E-state index in [0.29, 0.717) is 0 Å². The highest BCUT2D eigenvalue weighted by Crippen LogP contribution is 2.51. The van der Waals surface area contributed by atoms with Gasteiger partial charge in [0.1, 0.15) is 0 Å². The molecule has 0 saturated heterocycles. The predicted molar refractivity (Wildman–Crippen MR) is 60.2 cm³/mol. The van der Waals surface area contributed by atoms with Gasteiger partial charge in [0.05, 0.1) is 4.99 Å². The minimum absolute atomic E-state index is 0.871. The van der Waals surface area contributed by atoms with Crippen LogP contribution < -0.4 is 5.32 Å². The molecular weight excluding hydrogens is 201 g/mol. The summed E-state index contributed by atoms with van der Waals surface area (Å²) in [6.45, 7) is 4.23. The number of nitrogens with one attached hydrogen (secondary N) is 1. The summed E-state index contributed by atoms with van der Waals surface area (Å²) in [6.07, 6.45) is 0. The van der Waals surface area contributed by atoms with Crippen LogP contribution in [-0.2, 0) is 11.8 Å². The molecule has 0 saturated carbocycles. The van der Waals surface area contributed by atoms with Gasteiger partial charge in [-0.15, -0.1) is 11.4 Å². The summed E-state index contributed by atoms with van der Waals surface area (Å²) in [6, 6.07) is 0. The van der Waals surface area contributed by atoms with E-state index in [4.69, 9.17) is 24.0 Å². The molecule has 0 aliphatic heterocycles. The zero-order valence-electron chi connectivity index (χ0n) is 6.38. The first-order valence-corrected chi connectivity index (χ1v) is 8.55. The van der Waals surface area contributed by atoms with Crippen LogP contribution in [0, 0.1) is 0 Å². The van der Waals surface area contributed by atoms with E-state index in [1.54, 1.807) is 11.4 Å². The Morgan fingerprint density at radius 1 is 1.60 bits per heavy atom. The van der Waals surface area contributed by atoms with Crippen LogP contribution in [0.1, 0.15) is 0 Å². The van der Waals surface area contributed by atoms with E-state index in [0.717, 1.165) is 10.7 Å². The van der Waals surface area contributed by atoms with Crippen LogP contribution in [0.5, 0.6) is 0 Å². The Morgan fingerprint density at radius 2 is 2.10 bits per heavy atom. The van der Waals surface area contributed by atoms with Crippen LogP contribution in [0.2, 0.25) is 0 Å². The summed E-state index contributed by atoms with van der Waals surface area (Å²) in [5.41, 5.74) is 0. The lowest BCUT2D eigenvalue weighted by atomic mass is 10.8. The molecule has 0 bridgehead atoms. The maximum Gasteiger partial charge on any atom is 0.0855 e. The van der Waals surface area contributed by atoms with E-state index in [2.05, 4.69) is 18.6 Å². The second kappa shape index (κ2) is 4.70. The third kappa shape index (κ3) is 7.00. The van der Waals surface area contributed by atoms with Gasteiger partial charge in [0, 0.05) is 18.0 Å². The topological polar surface area (TPSA) is 12.0 Å². The number of hydrogen-bond acceptors (Lipinski definition) is 3. The molecule has 0 atom stereocenters. The normalized spacial score (nSPS) is 11.1. The van der Waals surface area contributed by atoms with Crippen molar-refractivity contribution in [1.82, 2.24) is 5.32 Å². The third-order valence-corrected chi connectivity index (χ3v) is 5.56. The molecule has 0 rings (SSSR count). The average molecular weight is 213 g/mol. The number of hydrogen-bond donors (Lipinski definition) is 1. The van der Waals surface area contributed by atoms with Crippen molar-refractivity contribution in [1.29, 1.82) is 0 Å². The van der Waals surface area contributed by atoms with Crippen LogP contribution in [0.3, 0.4) is 0 Å². The Morgan fingerprint density at radius 3 is 2.40 bits per heavy atom. The zero-order valence-corrected chi connectivity index (χ0v) is 9.72. The first-order valence-electron chi connectivity index (χ1n) is 2.86. The van der Waals surface area contributed by atoms with Crippen LogP contribution >= 0.6 is 28.8 Å². The Kier molecular flexibility index (Phi) is 5.12. The minimum atomic E-state index is -1.11. The highest BCUT2D eigenvalue weighted by Gasteiger charge is 2.03. The SMILES string of the molecule is CNC(=S)CSP(C)(C)=S. The summed E-state index contributed by atoms with van der Waals surface area (Å²) in [5.74, 6) is 0.871. The minimum Gasteiger partial charge on any atom is -0.382 e. The molecule has 1 nitrogen and oxygen atoms in total. The van der Waals surface area contributed by atoms with E-state index in [-0.39, 0.29) is 0 Å². The highest BCUT2D eigenvalue weighted by molar-refractivity contribution is 8.70. The van der Waals surface area contributed by atoms with Gasteiger partial charge in [-0.1, -0.05) is 24.0 Å². The van der Waals surface area contributed by atoms with E-state index < -0.39 is 5.24 Å². The molecule has 0 aliphatic carbocycles. The fraction of sp³-hybridized carbons (Fsp3) is 0.800. The summed E-state index contributed by atoms with van der Waals surface area (Å²) in [4.78, 5) is 0.892. The van der Waals surface area contributed by atoms with Gasteiger partial charge in [0.15, 0.2) is 0 Å². The van der Waals surface area contributed by atoms with E-state index in [1.807, 2.05) is 7.05 Å². The zero-order chi connectivity index (χ0) is 8.20. The van der Waals surface area contributed by atoms with E-state index >= 15 is 0 Å². The molecule has 0 aliphatic rings. The summed E-state index contributed by atoms with van der Waals surface area (Å²) in [5, 5.41) is 1.81. The average Bonchev–Trinajstić information content (AvgIpc) is 1.81. The molecule has 1 N–H and O–H groups in total. The van der Waals surface area contributed by atoms with Gasteiger partial charge >= 0.3 is 0 Å². The van der Waals surface area contributed by atoms with Crippen molar-refractivity contribution in [3.8, 4) is 0 Å². The number of rotatable bonds is 3. The predicted octanol–water partition coefficient (Wildman–Crippen LogP) is 1.92. The molecule has 0 fully saturated rings. The lowest BCUT2D eigenvalue weighted by Crippen LogP contribution is -2.17. The monoisotopic (exact) mass is 213 g/mol. The second-order valence-corrected chi connectivity index (χ2v) is 12.7. The molecular formula is C5H12NPS3. The van der Waals surface area contributed by atoms with Gasteiger partial charge in [-0.05, 0) is 13.3 Å². The molecule has 5 heteroatoms. The van der Waals surface area contributed by atoms with Crippen LogP contribution in [0.25, 0.3) is 0 Å². The van der Waals surface area contributed by atoms with Crippen molar-refractivity contribution < 1.29 is 0 Å². The quantitative estimate of drug-likeness (QED) is 0.567. The largest absolute Gasteiger partial charge is 0.382 e. The van der Waals surface area contributed by atoms with Crippen LogP contribution in [0.4, 0.5) is 0 Å².